The minimum atomic E-state index is -0.705. The number of nitrogens with zero attached hydrogens (tertiary/aromatic N) is 5. The number of hydrogen-bond acceptors (Lipinski definition) is 6. The number of non-ortho nitro benzene ring substituents is 2. The van der Waals surface area contributed by atoms with Gasteiger partial charge in [-0.2, -0.15) is 0 Å². The maximum absolute atomic E-state index is 10.7. The van der Waals surface area contributed by atoms with Gasteiger partial charge in [0.25, 0.3) is 11.4 Å². The smallest absolute Gasteiger partial charge is 0.278 e. The molecule has 0 saturated carbocycles. The van der Waals surface area contributed by atoms with Crippen LogP contribution in [-0.4, -0.2) is 27.9 Å². The van der Waals surface area contributed by atoms with Crippen molar-refractivity contribution >= 4 is 17.1 Å². The molecule has 0 aliphatic heterocycles. The first-order valence-electron chi connectivity index (χ1n) is 5.58. The Kier molecular flexibility index (Phi) is 4.86. The fourth-order valence-electron chi connectivity index (χ4n) is 1.31. The fourth-order valence-corrected chi connectivity index (χ4v) is 1.31. The number of benzene rings is 1. The first-order valence-corrected chi connectivity index (χ1v) is 5.58. The summed E-state index contributed by atoms with van der Waals surface area (Å²) in [5.74, 6) is 0. The van der Waals surface area contributed by atoms with Gasteiger partial charge < -0.3 is 0 Å². The molecule has 9 heteroatoms. The van der Waals surface area contributed by atoms with Crippen molar-refractivity contribution in [3.8, 4) is 0 Å². The summed E-state index contributed by atoms with van der Waals surface area (Å²) in [6, 6.07) is 3.16. The highest BCUT2D eigenvalue weighted by Gasteiger charge is 2.16. The summed E-state index contributed by atoms with van der Waals surface area (Å²) in [5.41, 5.74) is -0.696. The molecule has 0 spiro atoms. The van der Waals surface area contributed by atoms with E-state index >= 15 is 0 Å². The zero-order valence-corrected chi connectivity index (χ0v) is 10.5. The van der Waals surface area contributed by atoms with Gasteiger partial charge in [0, 0.05) is 25.2 Å². The molecule has 0 N–H and O–H groups in total. The van der Waals surface area contributed by atoms with E-state index in [1.165, 1.54) is 0 Å². The summed E-state index contributed by atoms with van der Waals surface area (Å²) >= 11 is 0. The van der Waals surface area contributed by atoms with Crippen LogP contribution in [-0.2, 0) is 0 Å². The second-order valence-corrected chi connectivity index (χ2v) is 3.55. The Morgan fingerprint density at radius 3 is 1.89 bits per heavy atom. The molecule has 0 aliphatic carbocycles. The van der Waals surface area contributed by atoms with Crippen LogP contribution in [0.4, 0.5) is 17.1 Å². The molecule has 0 aliphatic rings. The molecule has 0 unspecified atom stereocenters. The van der Waals surface area contributed by atoms with Gasteiger partial charge in [0.1, 0.15) is 5.69 Å². The normalized spacial score (nSPS) is 10.6. The molecule has 9 nitrogen and oxygen atoms in total. The maximum Gasteiger partial charge on any atom is 0.278 e. The van der Waals surface area contributed by atoms with Crippen LogP contribution < -0.4 is 0 Å². The van der Waals surface area contributed by atoms with Crippen molar-refractivity contribution < 1.29 is 9.85 Å². The lowest BCUT2D eigenvalue weighted by Gasteiger charge is -2.10. The van der Waals surface area contributed by atoms with E-state index in [1.54, 1.807) is 5.01 Å². The van der Waals surface area contributed by atoms with Crippen LogP contribution in [0.25, 0.3) is 0 Å². The molecule has 0 aromatic heterocycles. The molecule has 0 radical (unpaired) electrons. The van der Waals surface area contributed by atoms with Gasteiger partial charge in [0.05, 0.1) is 15.9 Å². The lowest BCUT2D eigenvalue weighted by Crippen LogP contribution is -2.14. The van der Waals surface area contributed by atoms with Crippen molar-refractivity contribution in [2.75, 3.05) is 13.1 Å². The molecule has 0 amide bonds. The van der Waals surface area contributed by atoms with Gasteiger partial charge in [-0.15, -0.1) is 5.11 Å². The minimum Gasteiger partial charge on any atom is -0.279 e. The van der Waals surface area contributed by atoms with Crippen LogP contribution >= 0.6 is 0 Å². The van der Waals surface area contributed by atoms with Crippen LogP contribution in [0, 0.1) is 20.2 Å². The third kappa shape index (κ3) is 3.98. The van der Waals surface area contributed by atoms with Crippen LogP contribution in [0.2, 0.25) is 0 Å². The summed E-state index contributed by atoms with van der Waals surface area (Å²) in [5, 5.41) is 30.6. The van der Waals surface area contributed by atoms with E-state index in [4.69, 9.17) is 0 Å². The molecule has 0 atom stereocenters. The third-order valence-corrected chi connectivity index (χ3v) is 2.33. The molecule has 102 valence electrons. The lowest BCUT2D eigenvalue weighted by molar-refractivity contribution is -0.394. The summed E-state index contributed by atoms with van der Waals surface area (Å²) in [6.07, 6.45) is 0. The highest BCUT2D eigenvalue weighted by atomic mass is 16.6. The molecule has 1 rings (SSSR count). The van der Waals surface area contributed by atoms with E-state index in [9.17, 15) is 20.2 Å². The molecule has 0 bridgehead atoms. The van der Waals surface area contributed by atoms with Gasteiger partial charge in [-0.05, 0) is 13.8 Å². The van der Waals surface area contributed by atoms with Crippen molar-refractivity contribution in [1.29, 1.82) is 0 Å². The Morgan fingerprint density at radius 2 is 1.53 bits per heavy atom. The van der Waals surface area contributed by atoms with Gasteiger partial charge in [0.2, 0.25) is 0 Å². The van der Waals surface area contributed by atoms with Crippen molar-refractivity contribution in [3.05, 3.63) is 38.4 Å². The van der Waals surface area contributed by atoms with Gasteiger partial charge in [-0.1, -0.05) is 5.22 Å². The Morgan fingerprint density at radius 1 is 1.05 bits per heavy atom. The average Bonchev–Trinajstić information content (AvgIpc) is 2.39. The van der Waals surface area contributed by atoms with Crippen LogP contribution in [0.3, 0.4) is 0 Å². The second-order valence-electron chi connectivity index (χ2n) is 3.55. The quantitative estimate of drug-likeness (QED) is 0.446. The van der Waals surface area contributed by atoms with Gasteiger partial charge in [-0.25, -0.2) is 0 Å². The van der Waals surface area contributed by atoms with Crippen LogP contribution in [0.15, 0.2) is 28.5 Å². The zero-order chi connectivity index (χ0) is 14.4. The topological polar surface area (TPSA) is 114 Å². The molecular weight excluding hydrogens is 254 g/mol. The van der Waals surface area contributed by atoms with Gasteiger partial charge >= 0.3 is 0 Å². The Hall–Kier alpha value is -2.58. The SMILES string of the molecule is CCN(CC)N=Nc1cc([N+](=O)[O-])cc([N+](=O)[O-])c1. The molecule has 19 heavy (non-hydrogen) atoms. The third-order valence-electron chi connectivity index (χ3n) is 2.33. The Bertz CT molecular complexity index is 480. The number of hydrogen-bond donors (Lipinski definition) is 0. The molecule has 1 aromatic carbocycles. The summed E-state index contributed by atoms with van der Waals surface area (Å²) < 4.78 is 0. The second kappa shape index (κ2) is 6.38. The van der Waals surface area contributed by atoms with E-state index in [1.807, 2.05) is 13.8 Å². The van der Waals surface area contributed by atoms with Crippen molar-refractivity contribution in [3.63, 3.8) is 0 Å². The summed E-state index contributed by atoms with van der Waals surface area (Å²) in [7, 11) is 0. The fraction of sp³-hybridized carbons (Fsp3) is 0.400. The Balaban J connectivity index is 3.13. The molecule has 1 aromatic rings. The largest absolute Gasteiger partial charge is 0.279 e. The molecule has 0 heterocycles. The average molecular weight is 267 g/mol. The maximum atomic E-state index is 10.7. The van der Waals surface area contributed by atoms with Crippen molar-refractivity contribution in [2.24, 2.45) is 10.3 Å². The van der Waals surface area contributed by atoms with Crippen molar-refractivity contribution in [1.82, 2.24) is 5.01 Å². The molecular formula is C10H13N5O4. The molecule has 0 fully saturated rings. The van der Waals surface area contributed by atoms with Gasteiger partial charge in [-0.3, -0.25) is 25.2 Å². The van der Waals surface area contributed by atoms with Crippen molar-refractivity contribution in [2.45, 2.75) is 13.8 Å². The predicted octanol–water partition coefficient (Wildman–Crippen LogP) is 2.84. The van der Waals surface area contributed by atoms with Crippen LogP contribution in [0.5, 0.6) is 0 Å². The zero-order valence-electron chi connectivity index (χ0n) is 10.5. The number of nitro benzene ring substituents is 2. The highest BCUT2D eigenvalue weighted by Crippen LogP contribution is 2.27. The van der Waals surface area contributed by atoms with E-state index in [0.29, 0.717) is 13.1 Å². The predicted molar refractivity (Wildman–Crippen MR) is 67.2 cm³/mol. The number of rotatable bonds is 6. The first kappa shape index (κ1) is 14.5. The van der Waals surface area contributed by atoms with Crippen LogP contribution in [0.1, 0.15) is 13.8 Å². The standard InChI is InChI=1S/C10H13N5O4/c1-3-13(4-2)12-11-8-5-9(14(16)17)7-10(6-8)15(18)19/h5-7H,3-4H2,1-2H3. The monoisotopic (exact) mass is 267 g/mol. The van der Waals surface area contributed by atoms with E-state index in [0.717, 1.165) is 18.2 Å². The lowest BCUT2D eigenvalue weighted by atomic mass is 10.2. The number of nitro groups is 2. The highest BCUT2D eigenvalue weighted by molar-refractivity contribution is 5.55. The van der Waals surface area contributed by atoms with E-state index in [2.05, 4.69) is 10.3 Å². The Labute approximate surface area is 108 Å². The van der Waals surface area contributed by atoms with Gasteiger partial charge in [0.15, 0.2) is 0 Å². The summed E-state index contributed by atoms with van der Waals surface area (Å²) in [4.78, 5) is 19.9. The first-order chi connectivity index (χ1) is 8.97. The van der Waals surface area contributed by atoms with E-state index in [-0.39, 0.29) is 17.1 Å². The molecule has 0 saturated heterocycles. The minimum absolute atomic E-state index is 0.0767. The van der Waals surface area contributed by atoms with E-state index < -0.39 is 9.85 Å². The summed E-state index contributed by atoms with van der Waals surface area (Å²) in [6.45, 7) is 4.99.